The third-order valence-corrected chi connectivity index (χ3v) is 5.73. The molecule has 1 aliphatic heterocycles. The summed E-state index contributed by atoms with van der Waals surface area (Å²) in [6.45, 7) is 1.76. The summed E-state index contributed by atoms with van der Waals surface area (Å²) in [5.41, 5.74) is 2.12. The number of halogens is 1. The molecule has 4 rings (SSSR count). The van der Waals surface area contributed by atoms with Crippen LogP contribution in [0.25, 0.3) is 0 Å². The quantitative estimate of drug-likeness (QED) is 0.841. The Labute approximate surface area is 156 Å². The zero-order valence-corrected chi connectivity index (χ0v) is 15.5. The minimum atomic E-state index is 0. The number of rotatable bonds is 5. The summed E-state index contributed by atoms with van der Waals surface area (Å²) in [6.07, 6.45) is 8.17. The summed E-state index contributed by atoms with van der Waals surface area (Å²) in [4.78, 5) is 12.5. The summed E-state index contributed by atoms with van der Waals surface area (Å²) >= 11 is 0. The standard InChI is InChI=1S/C20H28N2O2.ClH/c23-20(22-16-6-1-2-7-16)15-5-3-4-14(12-15)18-13-19(18)21-17-8-10-24-11-9-17;/h3-5,12,16-19,21H,1-2,6-11,13H2,(H,22,23);1H/t18-,19+;/m0./s1. The van der Waals surface area contributed by atoms with Crippen molar-refractivity contribution in [3.63, 3.8) is 0 Å². The van der Waals surface area contributed by atoms with E-state index in [2.05, 4.69) is 22.8 Å². The van der Waals surface area contributed by atoms with Gasteiger partial charge in [-0.05, 0) is 49.8 Å². The number of carbonyl (C=O) groups excluding carboxylic acids is 1. The molecule has 2 atom stereocenters. The van der Waals surface area contributed by atoms with E-state index in [4.69, 9.17) is 4.74 Å². The van der Waals surface area contributed by atoms with Crippen molar-refractivity contribution in [2.75, 3.05) is 13.2 Å². The highest BCUT2D eigenvalue weighted by Gasteiger charge is 2.39. The highest BCUT2D eigenvalue weighted by molar-refractivity contribution is 5.94. The molecule has 2 aliphatic carbocycles. The van der Waals surface area contributed by atoms with Crippen molar-refractivity contribution in [2.24, 2.45) is 0 Å². The van der Waals surface area contributed by atoms with E-state index in [1.807, 2.05) is 12.1 Å². The number of amides is 1. The maximum atomic E-state index is 12.5. The van der Waals surface area contributed by atoms with E-state index in [0.29, 0.717) is 24.0 Å². The Morgan fingerprint density at radius 3 is 2.56 bits per heavy atom. The van der Waals surface area contributed by atoms with E-state index in [-0.39, 0.29) is 18.3 Å². The van der Waals surface area contributed by atoms with E-state index < -0.39 is 0 Å². The van der Waals surface area contributed by atoms with Crippen LogP contribution < -0.4 is 10.6 Å². The Hall–Kier alpha value is -1.10. The first kappa shape index (κ1) is 18.7. The van der Waals surface area contributed by atoms with Crippen LogP contribution in [-0.4, -0.2) is 37.2 Å². The first-order valence-corrected chi connectivity index (χ1v) is 9.54. The molecule has 2 saturated carbocycles. The van der Waals surface area contributed by atoms with E-state index in [1.165, 1.54) is 24.8 Å². The summed E-state index contributed by atoms with van der Waals surface area (Å²) in [5, 5.41) is 6.96. The van der Waals surface area contributed by atoms with Crippen molar-refractivity contribution in [2.45, 2.75) is 69.0 Å². The molecule has 4 nitrogen and oxygen atoms in total. The second-order valence-electron chi connectivity index (χ2n) is 7.58. The van der Waals surface area contributed by atoms with Crippen molar-refractivity contribution in [1.82, 2.24) is 10.6 Å². The fourth-order valence-corrected chi connectivity index (χ4v) is 4.16. The molecule has 1 aromatic carbocycles. The molecule has 138 valence electrons. The molecule has 3 fully saturated rings. The SMILES string of the molecule is Cl.O=C(NC1CCCC1)c1cccc([C@@H]2C[C@H]2NC2CCOCC2)c1. The van der Waals surface area contributed by atoms with E-state index >= 15 is 0 Å². The van der Waals surface area contributed by atoms with Gasteiger partial charge in [-0.1, -0.05) is 25.0 Å². The van der Waals surface area contributed by atoms with Crippen LogP contribution in [0.5, 0.6) is 0 Å². The summed E-state index contributed by atoms with van der Waals surface area (Å²) in [6, 6.07) is 9.79. The van der Waals surface area contributed by atoms with Gasteiger partial charge in [-0.15, -0.1) is 12.4 Å². The molecule has 0 aromatic heterocycles. The number of hydrogen-bond acceptors (Lipinski definition) is 3. The average molecular weight is 365 g/mol. The van der Waals surface area contributed by atoms with Gasteiger partial charge >= 0.3 is 0 Å². The minimum absolute atomic E-state index is 0. The topological polar surface area (TPSA) is 50.4 Å². The molecule has 2 N–H and O–H groups in total. The van der Waals surface area contributed by atoms with Gasteiger partial charge in [0.15, 0.2) is 0 Å². The van der Waals surface area contributed by atoms with Crippen molar-refractivity contribution in [1.29, 1.82) is 0 Å². The molecule has 25 heavy (non-hydrogen) atoms. The zero-order valence-electron chi connectivity index (χ0n) is 14.7. The third kappa shape index (κ3) is 4.75. The molecule has 0 radical (unpaired) electrons. The Balaban J connectivity index is 0.00000182. The molecule has 0 unspecified atom stereocenters. The van der Waals surface area contributed by atoms with Gasteiger partial charge in [0.1, 0.15) is 0 Å². The maximum Gasteiger partial charge on any atom is 0.251 e. The van der Waals surface area contributed by atoms with Gasteiger partial charge in [0.2, 0.25) is 0 Å². The van der Waals surface area contributed by atoms with Gasteiger partial charge in [-0.2, -0.15) is 0 Å². The number of ether oxygens (including phenoxy) is 1. The lowest BCUT2D eigenvalue weighted by atomic mass is 10.0. The molecule has 3 aliphatic rings. The Bertz CT molecular complexity index is 583. The van der Waals surface area contributed by atoms with E-state index in [9.17, 15) is 4.79 Å². The van der Waals surface area contributed by atoms with Crippen LogP contribution in [0.4, 0.5) is 0 Å². The second kappa shape index (κ2) is 8.52. The number of hydrogen-bond donors (Lipinski definition) is 2. The van der Waals surface area contributed by atoms with Crippen LogP contribution >= 0.6 is 12.4 Å². The first-order chi connectivity index (χ1) is 11.8. The summed E-state index contributed by atoms with van der Waals surface area (Å²) in [5.74, 6) is 0.658. The predicted octanol–water partition coefficient (Wildman–Crippen LogP) is 3.41. The monoisotopic (exact) mass is 364 g/mol. The summed E-state index contributed by atoms with van der Waals surface area (Å²) < 4.78 is 5.43. The maximum absolute atomic E-state index is 12.5. The van der Waals surface area contributed by atoms with Gasteiger partial charge in [0.25, 0.3) is 5.91 Å². The Morgan fingerprint density at radius 1 is 1.04 bits per heavy atom. The van der Waals surface area contributed by atoms with Crippen molar-refractivity contribution in [3.05, 3.63) is 35.4 Å². The third-order valence-electron chi connectivity index (χ3n) is 5.73. The van der Waals surface area contributed by atoms with Crippen LogP contribution in [0.15, 0.2) is 24.3 Å². The van der Waals surface area contributed by atoms with Crippen LogP contribution in [0.1, 0.15) is 66.8 Å². The molecular weight excluding hydrogens is 336 g/mol. The average Bonchev–Trinajstić information content (AvgIpc) is 3.19. The fourth-order valence-electron chi connectivity index (χ4n) is 4.16. The van der Waals surface area contributed by atoms with Crippen molar-refractivity contribution in [3.8, 4) is 0 Å². The lowest BCUT2D eigenvalue weighted by Gasteiger charge is -2.23. The molecule has 1 amide bonds. The van der Waals surface area contributed by atoms with Crippen molar-refractivity contribution < 1.29 is 9.53 Å². The van der Waals surface area contributed by atoms with Gasteiger partial charge in [0.05, 0.1) is 0 Å². The molecule has 1 heterocycles. The summed E-state index contributed by atoms with van der Waals surface area (Å²) in [7, 11) is 0. The molecular formula is C20H29ClN2O2. The fraction of sp³-hybridized carbons (Fsp3) is 0.650. The second-order valence-corrected chi connectivity index (χ2v) is 7.58. The molecule has 1 saturated heterocycles. The smallest absolute Gasteiger partial charge is 0.251 e. The van der Waals surface area contributed by atoms with Crippen LogP contribution in [0.3, 0.4) is 0 Å². The van der Waals surface area contributed by atoms with Gasteiger partial charge in [-0.25, -0.2) is 0 Å². The zero-order chi connectivity index (χ0) is 16.4. The van der Waals surface area contributed by atoms with Crippen LogP contribution in [-0.2, 0) is 4.74 Å². The highest BCUT2D eigenvalue weighted by atomic mass is 35.5. The Kier molecular flexibility index (Phi) is 6.37. The predicted molar refractivity (Wildman–Crippen MR) is 102 cm³/mol. The largest absolute Gasteiger partial charge is 0.381 e. The van der Waals surface area contributed by atoms with Gasteiger partial charge in [-0.3, -0.25) is 4.79 Å². The molecule has 5 heteroatoms. The van der Waals surface area contributed by atoms with Crippen molar-refractivity contribution >= 4 is 18.3 Å². The molecule has 1 aromatic rings. The number of nitrogens with one attached hydrogen (secondary N) is 2. The van der Waals surface area contributed by atoms with E-state index in [0.717, 1.165) is 44.5 Å². The minimum Gasteiger partial charge on any atom is -0.381 e. The Morgan fingerprint density at radius 2 is 1.80 bits per heavy atom. The number of carbonyl (C=O) groups is 1. The first-order valence-electron chi connectivity index (χ1n) is 9.54. The molecule has 0 spiro atoms. The molecule has 0 bridgehead atoms. The normalized spacial score (nSPS) is 26.9. The lowest BCUT2D eigenvalue weighted by molar-refractivity contribution is 0.0774. The number of benzene rings is 1. The van der Waals surface area contributed by atoms with Gasteiger partial charge in [0, 0.05) is 42.8 Å². The van der Waals surface area contributed by atoms with Crippen LogP contribution in [0, 0.1) is 0 Å². The van der Waals surface area contributed by atoms with Crippen LogP contribution in [0.2, 0.25) is 0 Å². The highest BCUT2D eigenvalue weighted by Crippen LogP contribution is 2.41. The lowest BCUT2D eigenvalue weighted by Crippen LogP contribution is -2.36. The van der Waals surface area contributed by atoms with Gasteiger partial charge < -0.3 is 15.4 Å². The van der Waals surface area contributed by atoms with E-state index in [1.54, 1.807) is 0 Å².